The molecule has 2 aliphatic rings. The Hall–Kier alpha value is -2.62. The fourth-order valence-corrected chi connectivity index (χ4v) is 4.38. The molecule has 0 radical (unpaired) electrons. The molecule has 27 heavy (non-hydrogen) atoms. The molecule has 1 N–H and O–H groups in total. The lowest BCUT2D eigenvalue weighted by molar-refractivity contribution is -0.132. The van der Waals surface area contributed by atoms with Gasteiger partial charge in [0.15, 0.2) is 0 Å². The minimum atomic E-state index is -0.921. The number of rotatable bonds is 3. The Labute approximate surface area is 160 Å². The SMILES string of the molecule is Cc1cc(C)c(NC(=O)C2(C(=O)N3c4ccccc4CC3C)CC2)c(C)c1. The number of hydrogen-bond donors (Lipinski definition) is 1. The van der Waals surface area contributed by atoms with E-state index in [0.717, 1.165) is 28.9 Å². The van der Waals surface area contributed by atoms with Crippen molar-refractivity contribution in [2.75, 3.05) is 10.2 Å². The van der Waals surface area contributed by atoms with Crippen molar-refractivity contribution in [1.29, 1.82) is 0 Å². The lowest BCUT2D eigenvalue weighted by atomic mass is 10.0. The maximum Gasteiger partial charge on any atom is 0.242 e. The van der Waals surface area contributed by atoms with E-state index in [9.17, 15) is 9.59 Å². The Morgan fingerprint density at radius 3 is 2.33 bits per heavy atom. The third kappa shape index (κ3) is 2.84. The summed E-state index contributed by atoms with van der Waals surface area (Å²) in [6, 6.07) is 12.2. The fourth-order valence-electron chi connectivity index (χ4n) is 4.38. The van der Waals surface area contributed by atoms with Gasteiger partial charge in [-0.1, -0.05) is 35.9 Å². The van der Waals surface area contributed by atoms with Crippen LogP contribution in [0.4, 0.5) is 11.4 Å². The number of carbonyl (C=O) groups is 2. The second kappa shape index (κ2) is 6.22. The predicted octanol–water partition coefficient (Wildman–Crippen LogP) is 4.31. The normalized spacial score (nSPS) is 19.6. The molecular weight excluding hydrogens is 336 g/mol. The highest BCUT2D eigenvalue weighted by Gasteiger charge is 2.59. The third-order valence-electron chi connectivity index (χ3n) is 5.94. The molecular formula is C23H26N2O2. The zero-order valence-electron chi connectivity index (χ0n) is 16.4. The highest BCUT2D eigenvalue weighted by atomic mass is 16.2. The lowest BCUT2D eigenvalue weighted by Gasteiger charge is -2.27. The zero-order chi connectivity index (χ0) is 19.3. The van der Waals surface area contributed by atoms with Crippen molar-refractivity contribution in [3.05, 3.63) is 58.7 Å². The zero-order valence-corrected chi connectivity index (χ0v) is 16.4. The Kier molecular flexibility index (Phi) is 4.10. The van der Waals surface area contributed by atoms with Crippen LogP contribution in [0.2, 0.25) is 0 Å². The number of fused-ring (bicyclic) bond motifs is 1. The molecule has 1 fully saturated rings. The standard InChI is InChI=1S/C23H26N2O2/c1-14-11-15(2)20(16(3)12-14)24-21(26)23(9-10-23)22(27)25-17(4)13-18-7-5-6-8-19(18)25/h5-8,11-12,17H,9-10,13H2,1-4H3,(H,24,26). The monoisotopic (exact) mass is 362 g/mol. The first kappa shape index (κ1) is 17.8. The second-order valence-corrected chi connectivity index (χ2v) is 8.17. The molecule has 0 spiro atoms. The average Bonchev–Trinajstić information content (AvgIpc) is 3.35. The summed E-state index contributed by atoms with van der Waals surface area (Å²) in [5.74, 6) is -0.223. The lowest BCUT2D eigenvalue weighted by Crippen LogP contribution is -2.45. The molecule has 140 valence electrons. The van der Waals surface area contributed by atoms with Crippen LogP contribution in [0, 0.1) is 26.2 Å². The van der Waals surface area contributed by atoms with Crippen molar-refractivity contribution in [2.45, 2.75) is 53.0 Å². The summed E-state index contributed by atoms with van der Waals surface area (Å²) >= 11 is 0. The first-order valence-corrected chi connectivity index (χ1v) is 9.64. The van der Waals surface area contributed by atoms with Crippen LogP contribution in [0.15, 0.2) is 36.4 Å². The maximum atomic E-state index is 13.4. The minimum Gasteiger partial charge on any atom is -0.325 e. The fraction of sp³-hybridized carbons (Fsp3) is 0.391. The van der Waals surface area contributed by atoms with Crippen LogP contribution in [-0.2, 0) is 16.0 Å². The Morgan fingerprint density at radius 2 is 1.70 bits per heavy atom. The number of benzene rings is 2. The summed E-state index contributed by atoms with van der Waals surface area (Å²) in [5.41, 5.74) is 5.28. The Morgan fingerprint density at radius 1 is 1.07 bits per heavy atom. The highest BCUT2D eigenvalue weighted by molar-refractivity contribution is 6.18. The van der Waals surface area contributed by atoms with Crippen LogP contribution in [-0.4, -0.2) is 17.9 Å². The highest BCUT2D eigenvalue weighted by Crippen LogP contribution is 2.50. The van der Waals surface area contributed by atoms with E-state index in [1.54, 1.807) is 0 Å². The van der Waals surface area contributed by atoms with E-state index in [1.165, 1.54) is 11.1 Å². The third-order valence-corrected chi connectivity index (χ3v) is 5.94. The number of aryl methyl sites for hydroxylation is 3. The van der Waals surface area contributed by atoms with Crippen LogP contribution >= 0.6 is 0 Å². The number of anilines is 2. The number of hydrogen-bond acceptors (Lipinski definition) is 2. The molecule has 1 atom stereocenters. The molecule has 4 nitrogen and oxygen atoms in total. The van der Waals surface area contributed by atoms with Crippen molar-refractivity contribution in [3.63, 3.8) is 0 Å². The molecule has 1 aliphatic heterocycles. The summed E-state index contributed by atoms with van der Waals surface area (Å²) in [7, 11) is 0. The largest absolute Gasteiger partial charge is 0.325 e. The summed E-state index contributed by atoms with van der Waals surface area (Å²) in [6.45, 7) is 8.09. The molecule has 2 aromatic carbocycles. The van der Waals surface area contributed by atoms with Crippen LogP contribution in [0.5, 0.6) is 0 Å². The molecule has 4 heteroatoms. The molecule has 0 bridgehead atoms. The number of amides is 2. The molecule has 0 saturated heterocycles. The van der Waals surface area contributed by atoms with E-state index in [4.69, 9.17) is 0 Å². The van der Waals surface area contributed by atoms with Crippen LogP contribution < -0.4 is 10.2 Å². The van der Waals surface area contributed by atoms with Crippen LogP contribution in [0.1, 0.15) is 42.0 Å². The van der Waals surface area contributed by atoms with Gasteiger partial charge in [-0.3, -0.25) is 9.59 Å². The summed E-state index contributed by atoms with van der Waals surface area (Å²) < 4.78 is 0. The minimum absolute atomic E-state index is 0.0557. The van der Waals surface area contributed by atoms with Gasteiger partial charge in [0.1, 0.15) is 5.41 Å². The van der Waals surface area contributed by atoms with E-state index in [-0.39, 0.29) is 17.9 Å². The number of para-hydroxylation sites is 1. The average molecular weight is 362 g/mol. The Balaban J connectivity index is 1.61. The summed E-state index contributed by atoms with van der Waals surface area (Å²) in [4.78, 5) is 28.4. The van der Waals surface area contributed by atoms with Gasteiger partial charge in [0.25, 0.3) is 0 Å². The van der Waals surface area contributed by atoms with Crippen LogP contribution in [0.3, 0.4) is 0 Å². The van der Waals surface area contributed by atoms with Gasteiger partial charge < -0.3 is 10.2 Å². The molecule has 2 aromatic rings. The molecule has 1 aliphatic carbocycles. The molecule has 0 aromatic heterocycles. The number of nitrogens with zero attached hydrogens (tertiary/aromatic N) is 1. The summed E-state index contributed by atoms with van der Waals surface area (Å²) in [6.07, 6.45) is 2.08. The van der Waals surface area contributed by atoms with Crippen molar-refractivity contribution in [3.8, 4) is 0 Å². The number of carbonyl (C=O) groups excluding carboxylic acids is 2. The van der Waals surface area contributed by atoms with E-state index in [2.05, 4.69) is 30.4 Å². The van der Waals surface area contributed by atoms with E-state index >= 15 is 0 Å². The Bertz CT molecular complexity index is 920. The van der Waals surface area contributed by atoms with Gasteiger partial charge in [-0.05, 0) is 69.7 Å². The predicted molar refractivity (Wildman–Crippen MR) is 108 cm³/mol. The van der Waals surface area contributed by atoms with Gasteiger partial charge in [0.05, 0.1) is 0 Å². The van der Waals surface area contributed by atoms with Gasteiger partial charge in [-0.25, -0.2) is 0 Å². The van der Waals surface area contributed by atoms with Gasteiger partial charge in [0.2, 0.25) is 11.8 Å². The quantitative estimate of drug-likeness (QED) is 0.827. The van der Waals surface area contributed by atoms with E-state index in [0.29, 0.717) is 12.8 Å². The van der Waals surface area contributed by atoms with Gasteiger partial charge in [-0.15, -0.1) is 0 Å². The first-order valence-electron chi connectivity index (χ1n) is 9.64. The van der Waals surface area contributed by atoms with Gasteiger partial charge in [0, 0.05) is 17.4 Å². The molecule has 2 amide bonds. The first-order chi connectivity index (χ1) is 12.8. The molecule has 4 rings (SSSR count). The molecule has 1 unspecified atom stereocenters. The maximum absolute atomic E-state index is 13.4. The molecule has 1 heterocycles. The smallest absolute Gasteiger partial charge is 0.242 e. The van der Waals surface area contributed by atoms with Gasteiger partial charge in [-0.2, -0.15) is 0 Å². The topological polar surface area (TPSA) is 49.4 Å². The van der Waals surface area contributed by atoms with E-state index < -0.39 is 5.41 Å². The number of nitrogens with one attached hydrogen (secondary N) is 1. The van der Waals surface area contributed by atoms with Crippen LogP contribution in [0.25, 0.3) is 0 Å². The van der Waals surface area contributed by atoms with Crippen molar-refractivity contribution in [2.24, 2.45) is 5.41 Å². The second-order valence-electron chi connectivity index (χ2n) is 8.17. The van der Waals surface area contributed by atoms with Crippen molar-refractivity contribution >= 4 is 23.2 Å². The summed E-state index contributed by atoms with van der Waals surface area (Å²) in [5, 5.41) is 3.07. The van der Waals surface area contributed by atoms with Crippen molar-refractivity contribution < 1.29 is 9.59 Å². The molecule has 1 saturated carbocycles. The van der Waals surface area contributed by atoms with E-state index in [1.807, 2.05) is 43.9 Å². The van der Waals surface area contributed by atoms with Gasteiger partial charge >= 0.3 is 0 Å². The van der Waals surface area contributed by atoms with Crippen molar-refractivity contribution in [1.82, 2.24) is 0 Å².